The van der Waals surface area contributed by atoms with Gasteiger partial charge in [0.15, 0.2) is 0 Å². The molecule has 2 saturated carbocycles. The van der Waals surface area contributed by atoms with E-state index >= 15 is 0 Å². The summed E-state index contributed by atoms with van der Waals surface area (Å²) in [4.78, 5) is 0. The Hall–Kier alpha value is -0.520. The third kappa shape index (κ3) is 2.37. The number of hydrogen-bond donors (Lipinski definition) is 0. The highest BCUT2D eigenvalue weighted by Gasteiger charge is 2.64. The molecule has 0 heteroatoms. The highest BCUT2D eigenvalue weighted by Crippen LogP contribution is 2.72. The van der Waals surface area contributed by atoms with Crippen LogP contribution >= 0.6 is 0 Å². The van der Waals surface area contributed by atoms with Gasteiger partial charge in [0.25, 0.3) is 0 Å². The Morgan fingerprint density at radius 2 is 2.18 bits per heavy atom. The van der Waals surface area contributed by atoms with Gasteiger partial charge in [-0.25, -0.2) is 0 Å². The van der Waals surface area contributed by atoms with Crippen molar-refractivity contribution in [1.82, 2.24) is 0 Å². The Morgan fingerprint density at radius 3 is 2.76 bits per heavy atom. The van der Waals surface area contributed by atoms with Gasteiger partial charge in [-0.2, -0.15) is 0 Å². The van der Waals surface area contributed by atoms with E-state index in [4.69, 9.17) is 0 Å². The van der Waals surface area contributed by atoms with E-state index in [1.807, 2.05) is 0 Å². The van der Waals surface area contributed by atoms with Gasteiger partial charge >= 0.3 is 0 Å². The second-order valence-corrected chi connectivity index (χ2v) is 6.42. The summed E-state index contributed by atoms with van der Waals surface area (Å²) in [5.41, 5.74) is 2.39. The molecule has 0 saturated heterocycles. The molecule has 2 aliphatic rings. The molecule has 0 aromatic rings. The maximum atomic E-state index is 3.84. The lowest BCUT2D eigenvalue weighted by Gasteiger charge is -2.45. The molecule has 2 fully saturated rings. The quantitative estimate of drug-likeness (QED) is 0.541. The minimum atomic E-state index is 0.772. The van der Waals surface area contributed by atoms with Crippen molar-refractivity contribution < 1.29 is 0 Å². The van der Waals surface area contributed by atoms with Crippen molar-refractivity contribution in [2.75, 3.05) is 0 Å². The van der Waals surface area contributed by atoms with Crippen LogP contribution < -0.4 is 0 Å². The topological polar surface area (TPSA) is 0 Å². The summed E-state index contributed by atoms with van der Waals surface area (Å²) in [6.07, 6.45) is 12.7. The highest BCUT2D eigenvalue weighted by molar-refractivity contribution is 5.17. The molecule has 0 radical (unpaired) electrons. The minimum Gasteiger partial charge on any atom is -0.103 e. The van der Waals surface area contributed by atoms with Crippen LogP contribution in [0.25, 0.3) is 0 Å². The lowest BCUT2D eigenvalue weighted by molar-refractivity contribution is 0.0425. The first-order chi connectivity index (χ1) is 8.14. The van der Waals surface area contributed by atoms with Crippen LogP contribution in [0.5, 0.6) is 0 Å². The van der Waals surface area contributed by atoms with E-state index in [1.54, 1.807) is 5.57 Å². The molecule has 0 nitrogen and oxygen atoms in total. The summed E-state index contributed by atoms with van der Waals surface area (Å²) in [7, 11) is 0. The largest absolute Gasteiger partial charge is 0.103 e. The zero-order valence-electron chi connectivity index (χ0n) is 11.8. The lowest BCUT2D eigenvalue weighted by atomic mass is 9.60. The van der Waals surface area contributed by atoms with Crippen molar-refractivity contribution >= 4 is 0 Å². The molecule has 0 N–H and O–H groups in total. The van der Waals surface area contributed by atoms with Gasteiger partial charge in [-0.1, -0.05) is 31.6 Å². The molecule has 0 aromatic carbocycles. The molecule has 17 heavy (non-hydrogen) atoms. The van der Waals surface area contributed by atoms with Crippen LogP contribution in [0.15, 0.2) is 24.3 Å². The van der Waals surface area contributed by atoms with Gasteiger partial charge in [0.2, 0.25) is 0 Å². The van der Waals surface area contributed by atoms with Crippen molar-refractivity contribution in [3.63, 3.8) is 0 Å². The maximum absolute atomic E-state index is 3.84. The predicted octanol–water partition coefficient (Wildman–Crippen LogP) is 5.36. The summed E-state index contributed by atoms with van der Waals surface area (Å²) in [5, 5.41) is 0. The van der Waals surface area contributed by atoms with E-state index < -0.39 is 0 Å². The number of allylic oxidation sites excluding steroid dienone is 3. The van der Waals surface area contributed by atoms with E-state index in [0.717, 1.165) is 23.2 Å². The Labute approximate surface area is 107 Å². The van der Waals surface area contributed by atoms with Gasteiger partial charge in [0.1, 0.15) is 0 Å². The van der Waals surface area contributed by atoms with Crippen LogP contribution in [0, 0.1) is 23.2 Å². The van der Waals surface area contributed by atoms with E-state index in [2.05, 4.69) is 39.5 Å². The van der Waals surface area contributed by atoms with E-state index in [-0.39, 0.29) is 0 Å². The molecule has 0 amide bonds. The Kier molecular flexibility index (Phi) is 3.80. The predicted molar refractivity (Wildman–Crippen MR) is 75.9 cm³/mol. The average Bonchev–Trinajstić information content (AvgIpc) is 3.00. The van der Waals surface area contributed by atoms with Crippen LogP contribution in [-0.2, 0) is 0 Å². The van der Waals surface area contributed by atoms with Crippen LogP contribution in [0.3, 0.4) is 0 Å². The van der Waals surface area contributed by atoms with Gasteiger partial charge in [0, 0.05) is 0 Å². The second kappa shape index (κ2) is 5.00. The fraction of sp³-hybridized carbons (Fsp3) is 0.765. The van der Waals surface area contributed by atoms with Crippen LogP contribution in [-0.4, -0.2) is 0 Å². The smallest absolute Gasteiger partial charge is 0.0232 e. The first-order valence-corrected chi connectivity index (χ1v) is 7.40. The molecule has 96 valence electrons. The van der Waals surface area contributed by atoms with Crippen molar-refractivity contribution in [1.29, 1.82) is 0 Å². The maximum Gasteiger partial charge on any atom is -0.0232 e. The molecule has 1 spiro atoms. The molecular weight excluding hydrogens is 204 g/mol. The van der Waals surface area contributed by atoms with Gasteiger partial charge in [-0.15, -0.1) is 6.58 Å². The molecule has 2 aliphatic carbocycles. The average molecular weight is 232 g/mol. The first kappa shape index (κ1) is 12.9. The summed E-state index contributed by atoms with van der Waals surface area (Å²) in [6.45, 7) is 10.9. The van der Waals surface area contributed by atoms with Crippen LogP contribution in [0.2, 0.25) is 0 Å². The summed E-state index contributed by atoms with van der Waals surface area (Å²) >= 11 is 0. The molecule has 0 heterocycles. The first-order valence-electron chi connectivity index (χ1n) is 7.40. The standard InChI is InChI=1S/C17H28/c1-5-7-9-15-11-17(14(15)4)12-16(17)10-13(3)8-6-2/h5,8,14-16H,1,6-7,9-12H2,2-4H3. The van der Waals surface area contributed by atoms with Crippen LogP contribution in [0.1, 0.15) is 59.3 Å². The second-order valence-electron chi connectivity index (χ2n) is 6.42. The van der Waals surface area contributed by atoms with Gasteiger partial charge in [0.05, 0.1) is 0 Å². The molecule has 0 aromatic heterocycles. The molecule has 4 atom stereocenters. The van der Waals surface area contributed by atoms with Gasteiger partial charge in [-0.05, 0) is 68.6 Å². The Balaban J connectivity index is 1.79. The normalized spacial score (nSPS) is 40.2. The summed E-state index contributed by atoms with van der Waals surface area (Å²) in [6, 6.07) is 0. The van der Waals surface area contributed by atoms with E-state index in [0.29, 0.717) is 0 Å². The highest BCUT2D eigenvalue weighted by atomic mass is 14.7. The molecule has 0 aliphatic heterocycles. The van der Waals surface area contributed by atoms with E-state index in [1.165, 1.54) is 38.5 Å². The monoisotopic (exact) mass is 232 g/mol. The Morgan fingerprint density at radius 1 is 1.41 bits per heavy atom. The Bertz CT molecular complexity index is 312. The molecular formula is C17H28. The molecule has 4 unspecified atom stereocenters. The SMILES string of the molecule is C=CCCC1CC2(CC2CC(C)=CCC)C1C. The zero-order valence-corrected chi connectivity index (χ0v) is 11.8. The summed E-state index contributed by atoms with van der Waals surface area (Å²) < 4.78 is 0. The van der Waals surface area contributed by atoms with Crippen molar-refractivity contribution in [3.05, 3.63) is 24.3 Å². The van der Waals surface area contributed by atoms with Gasteiger partial charge < -0.3 is 0 Å². The number of rotatable bonds is 6. The minimum absolute atomic E-state index is 0.772. The fourth-order valence-corrected chi connectivity index (χ4v) is 4.15. The van der Waals surface area contributed by atoms with E-state index in [9.17, 15) is 0 Å². The molecule has 0 bridgehead atoms. The van der Waals surface area contributed by atoms with Crippen LogP contribution in [0.4, 0.5) is 0 Å². The van der Waals surface area contributed by atoms with Crippen molar-refractivity contribution in [3.8, 4) is 0 Å². The zero-order chi connectivity index (χ0) is 12.5. The summed E-state index contributed by atoms with van der Waals surface area (Å²) in [5.74, 6) is 2.98. The third-order valence-electron chi connectivity index (χ3n) is 5.40. The fourth-order valence-electron chi connectivity index (χ4n) is 4.15. The molecule has 2 rings (SSSR count). The lowest BCUT2D eigenvalue weighted by Crippen LogP contribution is -2.37. The number of hydrogen-bond acceptors (Lipinski definition) is 0. The van der Waals surface area contributed by atoms with Crippen molar-refractivity contribution in [2.45, 2.75) is 59.3 Å². The van der Waals surface area contributed by atoms with Crippen molar-refractivity contribution in [2.24, 2.45) is 23.2 Å². The third-order valence-corrected chi connectivity index (χ3v) is 5.40. The van der Waals surface area contributed by atoms with Gasteiger partial charge in [-0.3, -0.25) is 0 Å².